The molecule has 0 saturated carbocycles. The summed E-state index contributed by atoms with van der Waals surface area (Å²) < 4.78 is 33.2. The van der Waals surface area contributed by atoms with Gasteiger partial charge in [0, 0.05) is 11.7 Å². The lowest BCUT2D eigenvalue weighted by Gasteiger charge is -2.22. The first-order valence-electron chi connectivity index (χ1n) is 9.03. The van der Waals surface area contributed by atoms with Gasteiger partial charge in [0.05, 0.1) is 12.8 Å². The van der Waals surface area contributed by atoms with Gasteiger partial charge < -0.3 is 10.1 Å². The van der Waals surface area contributed by atoms with Crippen molar-refractivity contribution in [2.75, 3.05) is 7.11 Å². The Morgan fingerprint density at radius 3 is 2.18 bits per heavy atom. The standard InChI is InChI=1S/C22H25ClF2N2O/c1-15(2)20(26-16(3)17-8-6-5-7-9-17)14-21(22(23,24)25)27-18-10-12-19(28-4)13-11-18/h5-16,26H,1-4H3/b20-14-,27-21?/t16-/m1/s1. The first kappa shape index (κ1) is 21.9. The van der Waals surface area contributed by atoms with E-state index < -0.39 is 11.1 Å². The number of hydrogen-bond acceptors (Lipinski definition) is 3. The van der Waals surface area contributed by atoms with Gasteiger partial charge in [-0.05, 0) is 60.3 Å². The van der Waals surface area contributed by atoms with Gasteiger partial charge in [0.1, 0.15) is 11.5 Å². The average molecular weight is 407 g/mol. The second kappa shape index (κ2) is 9.69. The highest BCUT2D eigenvalue weighted by molar-refractivity contribution is 6.35. The number of halogens is 3. The minimum Gasteiger partial charge on any atom is -0.497 e. The first-order chi connectivity index (χ1) is 13.2. The van der Waals surface area contributed by atoms with Crippen LogP contribution in [0.3, 0.4) is 0 Å². The molecule has 150 valence electrons. The summed E-state index contributed by atoms with van der Waals surface area (Å²) in [5.41, 5.74) is 1.53. The van der Waals surface area contributed by atoms with E-state index in [1.165, 1.54) is 13.2 Å². The van der Waals surface area contributed by atoms with Crippen LogP contribution < -0.4 is 10.1 Å². The van der Waals surface area contributed by atoms with Gasteiger partial charge in [0.15, 0.2) is 0 Å². The van der Waals surface area contributed by atoms with Gasteiger partial charge in [0.25, 0.3) is 0 Å². The van der Waals surface area contributed by atoms with E-state index in [0.29, 0.717) is 17.1 Å². The van der Waals surface area contributed by atoms with Crippen LogP contribution in [0.5, 0.6) is 5.75 Å². The third-order valence-corrected chi connectivity index (χ3v) is 4.40. The summed E-state index contributed by atoms with van der Waals surface area (Å²) in [5, 5.41) is -0.292. The Labute approximate surface area is 170 Å². The van der Waals surface area contributed by atoms with Crippen molar-refractivity contribution in [1.82, 2.24) is 5.32 Å². The van der Waals surface area contributed by atoms with E-state index in [-0.39, 0.29) is 12.0 Å². The molecule has 0 amide bonds. The second-order valence-electron chi connectivity index (χ2n) is 6.72. The molecule has 6 heteroatoms. The predicted molar refractivity (Wildman–Crippen MR) is 112 cm³/mol. The van der Waals surface area contributed by atoms with Crippen LogP contribution >= 0.6 is 11.6 Å². The minimum atomic E-state index is -3.60. The molecule has 1 atom stereocenters. The van der Waals surface area contributed by atoms with Crippen LogP contribution in [0.2, 0.25) is 0 Å². The van der Waals surface area contributed by atoms with Gasteiger partial charge in [-0.1, -0.05) is 44.2 Å². The topological polar surface area (TPSA) is 33.6 Å². The molecule has 3 nitrogen and oxygen atoms in total. The molecule has 0 heterocycles. The Kier molecular flexibility index (Phi) is 7.58. The zero-order chi connectivity index (χ0) is 20.7. The zero-order valence-electron chi connectivity index (χ0n) is 16.4. The van der Waals surface area contributed by atoms with E-state index in [9.17, 15) is 8.78 Å². The van der Waals surface area contributed by atoms with Crippen molar-refractivity contribution in [3.8, 4) is 5.75 Å². The molecule has 0 spiro atoms. The van der Waals surface area contributed by atoms with Crippen molar-refractivity contribution in [3.63, 3.8) is 0 Å². The third-order valence-electron chi connectivity index (χ3n) is 4.21. The van der Waals surface area contributed by atoms with Gasteiger partial charge in [-0.3, -0.25) is 0 Å². The maximum atomic E-state index is 14.0. The minimum absolute atomic E-state index is 0.0220. The molecule has 0 fully saturated rings. The van der Waals surface area contributed by atoms with Gasteiger partial charge in [0.2, 0.25) is 0 Å². The lowest BCUT2D eigenvalue weighted by atomic mass is 10.0. The summed E-state index contributed by atoms with van der Waals surface area (Å²) in [4.78, 5) is 4.07. The Morgan fingerprint density at radius 1 is 1.07 bits per heavy atom. The van der Waals surface area contributed by atoms with Gasteiger partial charge in [-0.15, -0.1) is 0 Å². The summed E-state index contributed by atoms with van der Waals surface area (Å²) in [7, 11) is 1.54. The number of aliphatic imine (C=N–C) groups is 1. The molecule has 2 rings (SSSR count). The largest absolute Gasteiger partial charge is 0.497 e. The van der Waals surface area contributed by atoms with Gasteiger partial charge >= 0.3 is 5.38 Å². The number of methoxy groups -OCH3 is 1. The molecule has 1 N–H and O–H groups in total. The molecule has 0 saturated heterocycles. The highest BCUT2D eigenvalue weighted by Gasteiger charge is 2.32. The summed E-state index contributed by atoms with van der Waals surface area (Å²) in [5.74, 6) is 0.598. The number of hydrogen-bond donors (Lipinski definition) is 1. The molecule has 0 aliphatic heterocycles. The van der Waals surface area contributed by atoms with E-state index >= 15 is 0 Å². The Morgan fingerprint density at radius 2 is 1.68 bits per heavy atom. The van der Waals surface area contributed by atoms with E-state index in [2.05, 4.69) is 10.3 Å². The predicted octanol–water partition coefficient (Wildman–Crippen LogP) is 6.49. The molecule has 0 unspecified atom stereocenters. The summed E-state index contributed by atoms with van der Waals surface area (Å²) in [6, 6.07) is 16.2. The van der Waals surface area contributed by atoms with Crippen LogP contribution in [0.15, 0.2) is 71.4 Å². The zero-order valence-corrected chi connectivity index (χ0v) is 17.2. The van der Waals surface area contributed by atoms with Crippen LogP contribution in [0.1, 0.15) is 32.4 Å². The summed E-state index contributed by atoms with van der Waals surface area (Å²) >= 11 is 5.35. The average Bonchev–Trinajstić information content (AvgIpc) is 2.67. The molecule has 0 radical (unpaired) electrons. The van der Waals surface area contributed by atoms with Crippen molar-refractivity contribution in [1.29, 1.82) is 0 Å². The first-order valence-corrected chi connectivity index (χ1v) is 9.41. The van der Waals surface area contributed by atoms with Crippen molar-refractivity contribution in [3.05, 3.63) is 71.9 Å². The Balaban J connectivity index is 2.36. The van der Waals surface area contributed by atoms with E-state index in [0.717, 1.165) is 5.56 Å². The van der Waals surface area contributed by atoms with Crippen molar-refractivity contribution in [2.45, 2.75) is 32.2 Å². The van der Waals surface area contributed by atoms with Crippen molar-refractivity contribution < 1.29 is 13.5 Å². The Bertz CT molecular complexity index is 813. The smallest absolute Gasteiger partial charge is 0.364 e. The molecule has 0 aromatic heterocycles. The van der Waals surface area contributed by atoms with Gasteiger partial charge in [-0.25, -0.2) is 4.99 Å². The van der Waals surface area contributed by atoms with E-state index in [1.54, 1.807) is 24.3 Å². The molecule has 0 aliphatic carbocycles. The number of allylic oxidation sites excluding steroid dienone is 2. The SMILES string of the molecule is COc1ccc(N=C(/C=C(\N[C@H](C)c2ccccc2)C(C)C)C(F)(F)Cl)cc1. The maximum Gasteiger partial charge on any atom is 0.364 e. The summed E-state index contributed by atoms with van der Waals surface area (Å²) in [6.45, 7) is 5.83. The molecular weight excluding hydrogens is 382 g/mol. The number of benzene rings is 2. The molecule has 0 aliphatic rings. The van der Waals surface area contributed by atoms with Crippen LogP contribution in [-0.4, -0.2) is 18.2 Å². The number of alkyl halides is 3. The third kappa shape index (κ3) is 6.34. The number of ether oxygens (including phenoxy) is 1. The maximum absolute atomic E-state index is 14.0. The molecular formula is C22H25ClF2N2O. The van der Waals surface area contributed by atoms with E-state index in [1.807, 2.05) is 51.1 Å². The van der Waals surface area contributed by atoms with Crippen LogP contribution in [0.4, 0.5) is 14.5 Å². The number of rotatable bonds is 8. The Hall–Kier alpha value is -2.40. The number of nitrogens with one attached hydrogen (secondary N) is 1. The van der Waals surface area contributed by atoms with Crippen LogP contribution in [0, 0.1) is 5.92 Å². The lowest BCUT2D eigenvalue weighted by Crippen LogP contribution is -2.26. The highest BCUT2D eigenvalue weighted by atomic mass is 35.5. The second-order valence-corrected chi connectivity index (χ2v) is 7.20. The molecule has 0 bridgehead atoms. The molecule has 28 heavy (non-hydrogen) atoms. The fourth-order valence-corrected chi connectivity index (χ4v) is 2.67. The van der Waals surface area contributed by atoms with Gasteiger partial charge in [-0.2, -0.15) is 8.78 Å². The van der Waals surface area contributed by atoms with Crippen LogP contribution in [-0.2, 0) is 0 Å². The quantitative estimate of drug-likeness (QED) is 0.401. The monoisotopic (exact) mass is 406 g/mol. The highest BCUT2D eigenvalue weighted by Crippen LogP contribution is 2.28. The molecule has 2 aromatic carbocycles. The lowest BCUT2D eigenvalue weighted by molar-refractivity contribution is 0.176. The normalized spacial score (nSPS) is 14.1. The molecule has 2 aromatic rings. The van der Waals surface area contributed by atoms with Crippen molar-refractivity contribution in [2.24, 2.45) is 10.9 Å². The fraction of sp³-hybridized carbons (Fsp3) is 0.318. The van der Waals surface area contributed by atoms with Crippen molar-refractivity contribution >= 4 is 23.0 Å². The number of nitrogens with zero attached hydrogens (tertiary/aromatic N) is 1. The fourth-order valence-electron chi connectivity index (χ4n) is 2.57. The summed E-state index contributed by atoms with van der Waals surface area (Å²) in [6.07, 6.45) is 1.33. The van der Waals surface area contributed by atoms with E-state index in [4.69, 9.17) is 16.3 Å². The van der Waals surface area contributed by atoms with Crippen LogP contribution in [0.25, 0.3) is 0 Å².